The zero-order valence-electron chi connectivity index (χ0n) is 7.59. The van der Waals surface area contributed by atoms with Gasteiger partial charge in [0.25, 0.3) is 0 Å². The summed E-state index contributed by atoms with van der Waals surface area (Å²) >= 11 is 3.21. The topological polar surface area (TPSA) is 68.0 Å². The second-order valence-electron chi connectivity index (χ2n) is 3.07. The molecule has 1 aromatic rings. The number of aryl methyl sites for hydroxylation is 1. The van der Waals surface area contributed by atoms with Crippen LogP contribution in [0.4, 0.5) is 6.01 Å². The van der Waals surface area contributed by atoms with Gasteiger partial charge < -0.3 is 4.52 Å². The molecule has 0 unspecified atom stereocenters. The van der Waals surface area contributed by atoms with Crippen LogP contribution in [0, 0.1) is 6.92 Å². The van der Waals surface area contributed by atoms with Crippen LogP contribution in [0.2, 0.25) is 0 Å². The molecular formula is C7H10BrN3O2. The maximum atomic E-state index is 11.4. The first-order chi connectivity index (χ1) is 5.89. The van der Waals surface area contributed by atoms with Crippen molar-refractivity contribution in [2.75, 3.05) is 5.32 Å². The summed E-state index contributed by atoms with van der Waals surface area (Å²) in [6.07, 6.45) is 0. The van der Waals surface area contributed by atoms with Crippen molar-refractivity contribution in [3.05, 3.63) is 5.82 Å². The van der Waals surface area contributed by atoms with Crippen molar-refractivity contribution >= 4 is 27.9 Å². The molecule has 0 aromatic carbocycles. The lowest BCUT2D eigenvalue weighted by Crippen LogP contribution is -2.31. The zero-order chi connectivity index (χ0) is 10.1. The predicted octanol–water partition coefficient (Wildman–Crippen LogP) is 1.49. The average Bonchev–Trinajstić information content (AvgIpc) is 2.33. The SMILES string of the molecule is Cc1noc(NC(=O)C(C)(C)Br)n1. The van der Waals surface area contributed by atoms with Gasteiger partial charge in [0, 0.05) is 0 Å². The van der Waals surface area contributed by atoms with Crippen LogP contribution >= 0.6 is 15.9 Å². The van der Waals surface area contributed by atoms with Crippen LogP contribution in [0.15, 0.2) is 4.52 Å². The number of nitrogens with one attached hydrogen (secondary N) is 1. The van der Waals surface area contributed by atoms with Gasteiger partial charge >= 0.3 is 6.01 Å². The smallest absolute Gasteiger partial charge is 0.315 e. The number of amides is 1. The third kappa shape index (κ3) is 2.80. The van der Waals surface area contributed by atoms with E-state index in [2.05, 4.69) is 31.4 Å². The normalized spacial score (nSPS) is 11.4. The van der Waals surface area contributed by atoms with E-state index in [-0.39, 0.29) is 11.9 Å². The quantitative estimate of drug-likeness (QED) is 0.805. The van der Waals surface area contributed by atoms with Crippen LogP contribution in [0.3, 0.4) is 0 Å². The van der Waals surface area contributed by atoms with Gasteiger partial charge in [-0.3, -0.25) is 10.1 Å². The maximum absolute atomic E-state index is 11.4. The van der Waals surface area contributed by atoms with Crippen LogP contribution in [-0.4, -0.2) is 20.4 Å². The Balaban J connectivity index is 2.65. The Bertz CT molecular complexity index is 316. The lowest BCUT2D eigenvalue weighted by molar-refractivity contribution is -0.117. The van der Waals surface area contributed by atoms with Crippen molar-refractivity contribution in [3.63, 3.8) is 0 Å². The van der Waals surface area contributed by atoms with Gasteiger partial charge in [0.1, 0.15) is 0 Å². The fourth-order valence-electron chi connectivity index (χ4n) is 0.594. The van der Waals surface area contributed by atoms with E-state index in [1.54, 1.807) is 20.8 Å². The van der Waals surface area contributed by atoms with Crippen LogP contribution in [-0.2, 0) is 4.79 Å². The summed E-state index contributed by atoms with van der Waals surface area (Å²) in [5, 5.41) is 6.01. The summed E-state index contributed by atoms with van der Waals surface area (Å²) < 4.78 is 4.07. The molecule has 0 aliphatic heterocycles. The molecular weight excluding hydrogens is 238 g/mol. The number of alkyl halides is 1. The molecule has 1 aromatic heterocycles. The minimum atomic E-state index is -0.643. The summed E-state index contributed by atoms with van der Waals surface area (Å²) in [6.45, 7) is 5.13. The summed E-state index contributed by atoms with van der Waals surface area (Å²) in [6, 6.07) is 0.120. The number of halogens is 1. The minimum Gasteiger partial charge on any atom is -0.315 e. The molecule has 0 aliphatic rings. The number of aromatic nitrogens is 2. The highest BCUT2D eigenvalue weighted by Crippen LogP contribution is 2.17. The predicted molar refractivity (Wildman–Crippen MR) is 50.7 cm³/mol. The van der Waals surface area contributed by atoms with Crippen molar-refractivity contribution in [2.45, 2.75) is 25.1 Å². The highest BCUT2D eigenvalue weighted by atomic mass is 79.9. The monoisotopic (exact) mass is 247 g/mol. The summed E-state index contributed by atoms with van der Waals surface area (Å²) in [7, 11) is 0. The Labute approximate surface area is 84.0 Å². The molecule has 1 amide bonds. The fourth-order valence-corrected chi connectivity index (χ4v) is 0.693. The second kappa shape index (κ2) is 3.45. The Morgan fingerprint density at radius 1 is 1.62 bits per heavy atom. The van der Waals surface area contributed by atoms with E-state index in [4.69, 9.17) is 4.52 Å². The Kier molecular flexibility index (Phi) is 2.70. The van der Waals surface area contributed by atoms with Crippen LogP contribution in [0.1, 0.15) is 19.7 Å². The van der Waals surface area contributed by atoms with Crippen molar-refractivity contribution in [1.82, 2.24) is 10.1 Å². The van der Waals surface area contributed by atoms with E-state index in [0.717, 1.165) is 0 Å². The number of hydrogen-bond donors (Lipinski definition) is 1. The van der Waals surface area contributed by atoms with Gasteiger partial charge in [-0.05, 0) is 20.8 Å². The molecule has 1 N–H and O–H groups in total. The van der Waals surface area contributed by atoms with Gasteiger partial charge in [-0.15, -0.1) is 0 Å². The van der Waals surface area contributed by atoms with Gasteiger partial charge in [-0.25, -0.2) is 0 Å². The lowest BCUT2D eigenvalue weighted by atomic mass is 10.2. The van der Waals surface area contributed by atoms with Crippen LogP contribution in [0.25, 0.3) is 0 Å². The summed E-state index contributed by atoms with van der Waals surface area (Å²) in [5.74, 6) is 0.263. The van der Waals surface area contributed by atoms with Gasteiger partial charge in [0.2, 0.25) is 5.91 Å². The highest BCUT2D eigenvalue weighted by molar-refractivity contribution is 9.10. The first kappa shape index (κ1) is 10.2. The van der Waals surface area contributed by atoms with E-state index < -0.39 is 4.32 Å². The number of nitrogens with zero attached hydrogens (tertiary/aromatic N) is 2. The van der Waals surface area contributed by atoms with Crippen molar-refractivity contribution in [3.8, 4) is 0 Å². The molecule has 0 bridgehead atoms. The first-order valence-corrected chi connectivity index (χ1v) is 4.49. The standard InChI is InChI=1S/C7H10BrN3O2/c1-4-9-6(13-11-4)10-5(12)7(2,3)8/h1-3H3,(H,9,10,11,12). The molecule has 5 nitrogen and oxygen atoms in total. The van der Waals surface area contributed by atoms with Crippen LogP contribution in [0.5, 0.6) is 0 Å². The number of carbonyl (C=O) groups excluding carboxylic acids is 1. The molecule has 0 spiro atoms. The van der Waals surface area contributed by atoms with Gasteiger partial charge in [-0.2, -0.15) is 4.98 Å². The molecule has 72 valence electrons. The van der Waals surface area contributed by atoms with Gasteiger partial charge in [0.05, 0.1) is 4.32 Å². The van der Waals surface area contributed by atoms with Crippen molar-refractivity contribution in [1.29, 1.82) is 0 Å². The van der Waals surface area contributed by atoms with Crippen molar-refractivity contribution in [2.24, 2.45) is 0 Å². The van der Waals surface area contributed by atoms with Crippen molar-refractivity contribution < 1.29 is 9.32 Å². The van der Waals surface area contributed by atoms with Crippen LogP contribution < -0.4 is 5.32 Å². The number of anilines is 1. The van der Waals surface area contributed by atoms with Gasteiger partial charge in [0.15, 0.2) is 5.82 Å². The zero-order valence-corrected chi connectivity index (χ0v) is 9.17. The second-order valence-corrected chi connectivity index (χ2v) is 5.06. The summed E-state index contributed by atoms with van der Waals surface area (Å²) in [5.41, 5.74) is 0. The number of rotatable bonds is 2. The largest absolute Gasteiger partial charge is 0.328 e. The minimum absolute atomic E-state index is 0.120. The lowest BCUT2D eigenvalue weighted by Gasteiger charge is -2.12. The van der Waals surface area contributed by atoms with E-state index in [1.165, 1.54) is 0 Å². The number of carbonyl (C=O) groups is 1. The average molecular weight is 248 g/mol. The molecule has 0 aliphatic carbocycles. The first-order valence-electron chi connectivity index (χ1n) is 3.70. The van der Waals surface area contributed by atoms with E-state index in [1.807, 2.05) is 0 Å². The Hall–Kier alpha value is -0.910. The molecule has 0 saturated carbocycles. The maximum Gasteiger partial charge on any atom is 0.328 e. The van der Waals surface area contributed by atoms with E-state index >= 15 is 0 Å². The molecule has 0 saturated heterocycles. The molecule has 1 heterocycles. The molecule has 0 fully saturated rings. The summed E-state index contributed by atoms with van der Waals surface area (Å²) in [4.78, 5) is 15.2. The highest BCUT2D eigenvalue weighted by Gasteiger charge is 2.25. The Morgan fingerprint density at radius 2 is 2.23 bits per heavy atom. The molecule has 0 radical (unpaired) electrons. The fraction of sp³-hybridized carbons (Fsp3) is 0.571. The van der Waals surface area contributed by atoms with E-state index in [9.17, 15) is 4.79 Å². The third-order valence-corrected chi connectivity index (χ3v) is 1.65. The molecule has 1 rings (SSSR count). The molecule has 6 heteroatoms. The third-order valence-electron chi connectivity index (χ3n) is 1.29. The Morgan fingerprint density at radius 3 is 2.62 bits per heavy atom. The molecule has 0 atom stereocenters. The molecule has 13 heavy (non-hydrogen) atoms. The van der Waals surface area contributed by atoms with Gasteiger partial charge in [-0.1, -0.05) is 21.1 Å². The number of hydrogen-bond acceptors (Lipinski definition) is 4. The van der Waals surface area contributed by atoms with E-state index in [0.29, 0.717) is 5.82 Å².